The van der Waals surface area contributed by atoms with Gasteiger partial charge in [0.1, 0.15) is 0 Å². The minimum Gasteiger partial charge on any atom is -0.198 e. The Morgan fingerprint density at radius 1 is 1.00 bits per heavy atom. The summed E-state index contributed by atoms with van der Waals surface area (Å²) in [6, 6.07) is 2.46. The van der Waals surface area contributed by atoms with E-state index in [9.17, 15) is 0 Å². The monoisotopic (exact) mass is 181 g/mol. The fourth-order valence-corrected chi connectivity index (χ4v) is 1.73. The van der Waals surface area contributed by atoms with Gasteiger partial charge in [0.2, 0.25) is 0 Å². The van der Waals surface area contributed by atoms with Gasteiger partial charge in [-0.05, 0) is 19.8 Å². The zero-order valence-electron chi connectivity index (χ0n) is 9.40. The Morgan fingerprint density at radius 3 is 2.15 bits per heavy atom. The minimum absolute atomic E-state index is 0.0531. The van der Waals surface area contributed by atoms with Crippen molar-refractivity contribution in [3.63, 3.8) is 0 Å². The lowest BCUT2D eigenvalue weighted by Gasteiger charge is -2.20. The van der Waals surface area contributed by atoms with Gasteiger partial charge in [0.25, 0.3) is 0 Å². The summed E-state index contributed by atoms with van der Waals surface area (Å²) < 4.78 is 0. The summed E-state index contributed by atoms with van der Waals surface area (Å²) in [4.78, 5) is 0. The molecule has 0 aromatic carbocycles. The molecule has 0 aliphatic rings. The molecule has 0 bridgehead atoms. The lowest BCUT2D eigenvalue weighted by Crippen LogP contribution is -2.12. The third-order valence-corrected chi connectivity index (χ3v) is 2.65. The van der Waals surface area contributed by atoms with Crippen molar-refractivity contribution in [2.75, 3.05) is 0 Å². The molecular formula is C12H23N. The van der Waals surface area contributed by atoms with Gasteiger partial charge in [-0.1, -0.05) is 46.0 Å². The van der Waals surface area contributed by atoms with Gasteiger partial charge < -0.3 is 0 Å². The second-order valence-electron chi connectivity index (χ2n) is 4.23. The second-order valence-corrected chi connectivity index (χ2v) is 4.23. The van der Waals surface area contributed by atoms with Crippen LogP contribution < -0.4 is 0 Å². The van der Waals surface area contributed by atoms with Gasteiger partial charge in [-0.2, -0.15) is 5.26 Å². The van der Waals surface area contributed by atoms with Crippen LogP contribution in [-0.2, 0) is 0 Å². The zero-order valence-corrected chi connectivity index (χ0v) is 9.40. The quantitative estimate of drug-likeness (QED) is 0.537. The highest BCUT2D eigenvalue weighted by Crippen LogP contribution is 2.28. The average Bonchev–Trinajstić information content (AvgIpc) is 2.13. The van der Waals surface area contributed by atoms with Crippen molar-refractivity contribution in [2.24, 2.45) is 5.41 Å². The first-order chi connectivity index (χ1) is 6.18. The first-order valence-electron chi connectivity index (χ1n) is 5.59. The first kappa shape index (κ1) is 12.5. The Morgan fingerprint density at radius 2 is 1.69 bits per heavy atom. The maximum absolute atomic E-state index is 9.02. The van der Waals surface area contributed by atoms with Crippen molar-refractivity contribution in [1.29, 1.82) is 5.26 Å². The molecule has 1 unspecified atom stereocenters. The molecule has 1 nitrogen and oxygen atoms in total. The van der Waals surface area contributed by atoms with Gasteiger partial charge >= 0.3 is 0 Å². The summed E-state index contributed by atoms with van der Waals surface area (Å²) in [6.07, 6.45) is 8.35. The van der Waals surface area contributed by atoms with E-state index in [4.69, 9.17) is 5.26 Å². The van der Waals surface area contributed by atoms with E-state index in [0.717, 1.165) is 19.3 Å². The molecule has 0 aromatic heterocycles. The van der Waals surface area contributed by atoms with Crippen LogP contribution in [0.5, 0.6) is 0 Å². The van der Waals surface area contributed by atoms with Crippen LogP contribution in [0.15, 0.2) is 0 Å². The molecule has 0 amide bonds. The molecule has 76 valence electrons. The maximum Gasteiger partial charge on any atom is 0.0686 e. The second kappa shape index (κ2) is 6.95. The van der Waals surface area contributed by atoms with E-state index in [1.54, 1.807) is 0 Å². The molecule has 0 aromatic rings. The van der Waals surface area contributed by atoms with E-state index in [0.29, 0.717) is 0 Å². The van der Waals surface area contributed by atoms with Crippen LogP contribution in [0.3, 0.4) is 0 Å². The molecule has 0 radical (unpaired) electrons. The van der Waals surface area contributed by atoms with Crippen molar-refractivity contribution in [2.45, 2.75) is 65.7 Å². The zero-order chi connectivity index (χ0) is 10.2. The SMILES string of the molecule is CCCCCCC(C)(C#N)CCC. The normalized spacial score (nSPS) is 14.9. The van der Waals surface area contributed by atoms with Crippen molar-refractivity contribution in [3.8, 4) is 6.07 Å². The van der Waals surface area contributed by atoms with Crippen LogP contribution in [-0.4, -0.2) is 0 Å². The maximum atomic E-state index is 9.02. The summed E-state index contributed by atoms with van der Waals surface area (Å²) in [7, 11) is 0. The van der Waals surface area contributed by atoms with Crippen molar-refractivity contribution >= 4 is 0 Å². The Hall–Kier alpha value is -0.510. The number of hydrogen-bond acceptors (Lipinski definition) is 1. The molecule has 0 rings (SSSR count). The van der Waals surface area contributed by atoms with Crippen LogP contribution in [0, 0.1) is 16.7 Å². The Labute approximate surface area is 83.1 Å². The summed E-state index contributed by atoms with van der Waals surface area (Å²) in [5.74, 6) is 0. The van der Waals surface area contributed by atoms with Gasteiger partial charge in [0.15, 0.2) is 0 Å². The van der Waals surface area contributed by atoms with E-state index in [1.807, 2.05) is 0 Å². The molecule has 13 heavy (non-hydrogen) atoms. The fourth-order valence-electron chi connectivity index (χ4n) is 1.73. The number of unbranched alkanes of at least 4 members (excludes halogenated alkanes) is 3. The number of nitrogens with zero attached hydrogens (tertiary/aromatic N) is 1. The van der Waals surface area contributed by atoms with Crippen LogP contribution in [0.2, 0.25) is 0 Å². The number of hydrogen-bond donors (Lipinski definition) is 0. The predicted molar refractivity (Wildman–Crippen MR) is 57.4 cm³/mol. The molecule has 0 aliphatic heterocycles. The topological polar surface area (TPSA) is 23.8 Å². The van der Waals surface area contributed by atoms with Crippen LogP contribution >= 0.6 is 0 Å². The molecule has 1 heteroatoms. The lowest BCUT2D eigenvalue weighted by atomic mass is 9.82. The highest BCUT2D eigenvalue weighted by Gasteiger charge is 2.21. The average molecular weight is 181 g/mol. The van der Waals surface area contributed by atoms with Crippen molar-refractivity contribution in [1.82, 2.24) is 0 Å². The standard InChI is InChI=1S/C12H23N/c1-4-6-7-8-10-12(3,11-13)9-5-2/h4-10H2,1-3H3. The summed E-state index contributed by atoms with van der Waals surface area (Å²) in [6.45, 7) is 6.47. The third-order valence-electron chi connectivity index (χ3n) is 2.65. The highest BCUT2D eigenvalue weighted by atomic mass is 14.3. The first-order valence-corrected chi connectivity index (χ1v) is 5.59. The fraction of sp³-hybridized carbons (Fsp3) is 0.917. The largest absolute Gasteiger partial charge is 0.198 e. The van der Waals surface area contributed by atoms with Gasteiger partial charge in [-0.3, -0.25) is 0 Å². The molecule has 0 saturated carbocycles. The van der Waals surface area contributed by atoms with E-state index in [2.05, 4.69) is 26.8 Å². The van der Waals surface area contributed by atoms with Crippen LogP contribution in [0.25, 0.3) is 0 Å². The molecule has 0 heterocycles. The van der Waals surface area contributed by atoms with E-state index < -0.39 is 0 Å². The lowest BCUT2D eigenvalue weighted by molar-refractivity contribution is 0.351. The van der Waals surface area contributed by atoms with Gasteiger partial charge in [0.05, 0.1) is 11.5 Å². The van der Waals surface area contributed by atoms with Crippen molar-refractivity contribution < 1.29 is 0 Å². The molecule has 1 atom stereocenters. The Bertz CT molecular complexity index is 157. The molecule has 0 N–H and O–H groups in total. The predicted octanol–water partition coefficient (Wildman–Crippen LogP) is 4.29. The summed E-state index contributed by atoms with van der Waals surface area (Å²) in [5, 5.41) is 9.02. The summed E-state index contributed by atoms with van der Waals surface area (Å²) >= 11 is 0. The Balaban J connectivity index is 3.65. The Kier molecular flexibility index (Phi) is 6.68. The van der Waals surface area contributed by atoms with E-state index >= 15 is 0 Å². The van der Waals surface area contributed by atoms with Gasteiger partial charge in [0, 0.05) is 0 Å². The smallest absolute Gasteiger partial charge is 0.0686 e. The van der Waals surface area contributed by atoms with Crippen LogP contribution in [0.1, 0.15) is 65.7 Å². The van der Waals surface area contributed by atoms with Crippen molar-refractivity contribution in [3.05, 3.63) is 0 Å². The number of rotatable bonds is 7. The van der Waals surface area contributed by atoms with E-state index in [1.165, 1.54) is 25.7 Å². The van der Waals surface area contributed by atoms with Crippen LogP contribution in [0.4, 0.5) is 0 Å². The number of nitriles is 1. The summed E-state index contributed by atoms with van der Waals surface area (Å²) in [5.41, 5.74) is -0.0531. The molecule has 0 spiro atoms. The van der Waals surface area contributed by atoms with Gasteiger partial charge in [-0.15, -0.1) is 0 Å². The minimum atomic E-state index is -0.0531. The highest BCUT2D eigenvalue weighted by molar-refractivity contribution is 4.94. The van der Waals surface area contributed by atoms with E-state index in [-0.39, 0.29) is 5.41 Å². The molecule has 0 aliphatic carbocycles. The molecular weight excluding hydrogens is 158 g/mol. The molecule has 0 saturated heterocycles. The molecule has 0 fully saturated rings. The van der Waals surface area contributed by atoms with Gasteiger partial charge in [-0.25, -0.2) is 0 Å². The third kappa shape index (κ3) is 5.69.